The van der Waals surface area contributed by atoms with Gasteiger partial charge in [-0.25, -0.2) is 9.13 Å². The molecule has 0 aromatic heterocycles. The number of carbonyl (C=O) groups excluding carboxylic acids is 4. The lowest BCUT2D eigenvalue weighted by atomic mass is 10.0. The number of allylic oxidation sites excluding steroid dienone is 16. The van der Waals surface area contributed by atoms with Crippen LogP contribution in [0.2, 0.25) is 0 Å². The van der Waals surface area contributed by atoms with Gasteiger partial charge in [0.15, 0.2) is 12.2 Å². The van der Waals surface area contributed by atoms with Crippen LogP contribution in [0.4, 0.5) is 0 Å². The molecule has 5 unspecified atom stereocenters. The summed E-state index contributed by atoms with van der Waals surface area (Å²) in [5.41, 5.74) is 0. The van der Waals surface area contributed by atoms with E-state index in [4.69, 9.17) is 37.0 Å². The van der Waals surface area contributed by atoms with Crippen LogP contribution in [0.25, 0.3) is 0 Å². The maximum Gasteiger partial charge on any atom is 0.472 e. The fourth-order valence-electron chi connectivity index (χ4n) is 10.9. The van der Waals surface area contributed by atoms with Gasteiger partial charge in [0.05, 0.1) is 26.4 Å². The Kier molecular flexibility index (Phi) is 72.3. The Hall–Kier alpha value is -4.02. The Morgan fingerprint density at radius 1 is 0.284 bits per heavy atom. The number of phosphoric ester groups is 2. The predicted octanol–water partition coefficient (Wildman–Crippen LogP) is 23.6. The van der Waals surface area contributed by atoms with Crippen molar-refractivity contribution in [3.8, 4) is 0 Å². The van der Waals surface area contributed by atoms with E-state index >= 15 is 0 Å². The van der Waals surface area contributed by atoms with Crippen LogP contribution >= 0.6 is 15.6 Å². The molecule has 5 atom stereocenters. The van der Waals surface area contributed by atoms with Crippen molar-refractivity contribution in [2.24, 2.45) is 0 Å². The first-order chi connectivity index (χ1) is 49.7. The van der Waals surface area contributed by atoms with E-state index in [1.165, 1.54) is 89.9 Å². The smallest absolute Gasteiger partial charge is 0.462 e. The molecule has 0 bridgehead atoms. The van der Waals surface area contributed by atoms with Crippen molar-refractivity contribution in [2.75, 3.05) is 39.6 Å². The number of ether oxygens (including phenoxy) is 4. The number of esters is 4. The van der Waals surface area contributed by atoms with Crippen LogP contribution in [0, 0.1) is 0 Å². The third-order valence-corrected chi connectivity index (χ3v) is 18.9. The van der Waals surface area contributed by atoms with Gasteiger partial charge in [-0.15, -0.1) is 0 Å². The molecular formula is C83H146O17P2. The molecule has 19 heteroatoms. The van der Waals surface area contributed by atoms with Crippen molar-refractivity contribution in [3.63, 3.8) is 0 Å². The van der Waals surface area contributed by atoms with Crippen molar-refractivity contribution in [1.82, 2.24) is 0 Å². The summed E-state index contributed by atoms with van der Waals surface area (Å²) < 4.78 is 68.6. The first kappa shape index (κ1) is 98.0. The molecule has 0 aliphatic rings. The van der Waals surface area contributed by atoms with E-state index in [-0.39, 0.29) is 25.7 Å². The second-order valence-electron chi connectivity index (χ2n) is 27.0. The molecule has 0 aromatic rings. The lowest BCUT2D eigenvalue weighted by Gasteiger charge is -2.21. The van der Waals surface area contributed by atoms with Gasteiger partial charge in [-0.1, -0.05) is 292 Å². The van der Waals surface area contributed by atoms with E-state index < -0.39 is 97.5 Å². The molecule has 0 rings (SSSR count). The Morgan fingerprint density at radius 2 is 0.510 bits per heavy atom. The van der Waals surface area contributed by atoms with Crippen molar-refractivity contribution in [1.29, 1.82) is 0 Å². The molecule has 17 nitrogen and oxygen atoms in total. The first-order valence-corrected chi connectivity index (χ1v) is 43.5. The molecule has 0 amide bonds. The Morgan fingerprint density at radius 3 is 0.804 bits per heavy atom. The van der Waals surface area contributed by atoms with Crippen LogP contribution in [0.3, 0.4) is 0 Å². The zero-order valence-corrected chi connectivity index (χ0v) is 66.3. The second kappa shape index (κ2) is 75.2. The SMILES string of the molecule is CC/C=C\C/C=C\C/C=C\C/C=C\CCCCCCCCC(=O)OCC(COP(=O)(O)OCC(O)COP(=O)(O)OCC(COC(=O)CCCCCCC/C=C\C/C=C\CCCCC)OC(=O)CCCCCCCCCCCCCCC)OC(=O)CCCCCCC/C=C\C/C=C\CCCCC. The van der Waals surface area contributed by atoms with Crippen molar-refractivity contribution < 1.29 is 80.2 Å². The number of unbranched alkanes of at least 4 members (excludes halogenated alkanes) is 34. The third-order valence-electron chi connectivity index (χ3n) is 17.0. The minimum Gasteiger partial charge on any atom is -0.462 e. The van der Waals surface area contributed by atoms with E-state index in [2.05, 4.69) is 125 Å². The van der Waals surface area contributed by atoms with Crippen LogP contribution in [-0.2, 0) is 65.4 Å². The number of rotatable bonds is 76. The predicted molar refractivity (Wildman–Crippen MR) is 418 cm³/mol. The van der Waals surface area contributed by atoms with Gasteiger partial charge in [-0.05, 0) is 128 Å². The van der Waals surface area contributed by atoms with E-state index in [1.54, 1.807) is 0 Å². The highest BCUT2D eigenvalue weighted by Gasteiger charge is 2.30. The van der Waals surface area contributed by atoms with E-state index in [0.29, 0.717) is 25.7 Å². The minimum absolute atomic E-state index is 0.0757. The monoisotopic (exact) mass is 1480 g/mol. The lowest BCUT2D eigenvalue weighted by Crippen LogP contribution is -2.30. The maximum absolute atomic E-state index is 13.1. The summed E-state index contributed by atoms with van der Waals surface area (Å²) in [6, 6.07) is 0. The molecule has 590 valence electrons. The van der Waals surface area contributed by atoms with Crippen LogP contribution in [0.1, 0.15) is 349 Å². The molecule has 0 spiro atoms. The molecule has 0 fully saturated rings. The standard InChI is InChI=1S/C83H146O17P2/c1-5-9-13-17-21-25-29-33-36-37-38-39-42-45-48-52-56-60-64-68-81(86)94-74-79(100-83(88)70-66-62-58-54-50-46-41-35-31-27-23-19-15-11-7-3)76-98-102(91,92)96-72-77(84)71-95-101(89,90)97-75-78(99-82(87)69-65-61-57-53-49-43-32-28-24-20-16-12-8-4)73-93-80(85)67-63-59-55-51-47-44-40-34-30-26-22-18-14-10-6-2/h9,13,21-23,25-27,33-36,38-41,77-79,84H,5-8,10-12,14-20,24,28-32,37,42-76H2,1-4H3,(H,89,90)(H,91,92)/b13-9-,25-21-,26-22-,27-23-,36-33-,39-38-,40-34-,41-35-. The van der Waals surface area contributed by atoms with E-state index in [9.17, 15) is 43.2 Å². The highest BCUT2D eigenvalue weighted by Crippen LogP contribution is 2.45. The van der Waals surface area contributed by atoms with Crippen molar-refractivity contribution >= 4 is 39.5 Å². The fourth-order valence-corrected chi connectivity index (χ4v) is 12.4. The summed E-state index contributed by atoms with van der Waals surface area (Å²) in [5, 5.41) is 10.6. The lowest BCUT2D eigenvalue weighted by molar-refractivity contribution is -0.161. The molecular weight excluding hydrogens is 1330 g/mol. The van der Waals surface area contributed by atoms with Crippen LogP contribution in [0.15, 0.2) is 97.2 Å². The zero-order chi connectivity index (χ0) is 74.6. The number of hydrogen-bond donors (Lipinski definition) is 3. The highest BCUT2D eigenvalue weighted by molar-refractivity contribution is 7.47. The summed E-state index contributed by atoms with van der Waals surface area (Å²) in [7, 11) is -9.96. The number of phosphoric acid groups is 2. The zero-order valence-electron chi connectivity index (χ0n) is 64.5. The first-order valence-electron chi connectivity index (χ1n) is 40.5. The van der Waals surface area contributed by atoms with Crippen molar-refractivity contribution in [3.05, 3.63) is 97.2 Å². The molecule has 0 aliphatic carbocycles. The van der Waals surface area contributed by atoms with Crippen molar-refractivity contribution in [2.45, 2.75) is 367 Å². The van der Waals surface area contributed by atoms with E-state index in [0.717, 1.165) is 180 Å². The van der Waals surface area contributed by atoms with Gasteiger partial charge in [-0.2, -0.15) is 0 Å². The quantitative estimate of drug-likeness (QED) is 0.0169. The topological polar surface area (TPSA) is 237 Å². The fraction of sp³-hybridized carbons (Fsp3) is 0.759. The maximum atomic E-state index is 13.1. The third kappa shape index (κ3) is 74.3. The van der Waals surface area contributed by atoms with Crippen LogP contribution < -0.4 is 0 Å². The summed E-state index contributed by atoms with van der Waals surface area (Å²) in [6.07, 6.45) is 79.4. The van der Waals surface area contributed by atoms with Gasteiger partial charge in [0.2, 0.25) is 0 Å². The summed E-state index contributed by atoms with van der Waals surface area (Å²) in [5.74, 6) is -2.20. The van der Waals surface area contributed by atoms with Crippen LogP contribution in [-0.4, -0.2) is 96.7 Å². The molecule has 3 N–H and O–H groups in total. The van der Waals surface area contributed by atoms with Gasteiger partial charge in [0, 0.05) is 25.7 Å². The molecule has 0 radical (unpaired) electrons. The van der Waals surface area contributed by atoms with Gasteiger partial charge in [0.1, 0.15) is 19.3 Å². The molecule has 0 heterocycles. The molecule has 0 aliphatic heterocycles. The van der Waals surface area contributed by atoms with Crippen LogP contribution in [0.5, 0.6) is 0 Å². The van der Waals surface area contributed by atoms with Gasteiger partial charge >= 0.3 is 39.5 Å². The number of hydrogen-bond acceptors (Lipinski definition) is 15. The van der Waals surface area contributed by atoms with E-state index in [1.807, 2.05) is 0 Å². The second-order valence-corrected chi connectivity index (χ2v) is 29.9. The minimum atomic E-state index is -4.98. The Bertz CT molecular complexity index is 2310. The molecule has 102 heavy (non-hydrogen) atoms. The number of carbonyl (C=O) groups is 4. The largest absolute Gasteiger partial charge is 0.472 e. The highest BCUT2D eigenvalue weighted by atomic mass is 31.2. The molecule has 0 saturated heterocycles. The Balaban J connectivity index is 5.36. The number of aliphatic hydroxyl groups excluding tert-OH is 1. The molecule has 0 aromatic carbocycles. The van der Waals surface area contributed by atoms with Gasteiger partial charge in [-0.3, -0.25) is 37.3 Å². The summed E-state index contributed by atoms with van der Waals surface area (Å²) in [4.78, 5) is 73.0. The number of aliphatic hydroxyl groups is 1. The molecule has 0 saturated carbocycles. The van der Waals surface area contributed by atoms with Gasteiger partial charge < -0.3 is 33.8 Å². The average molecular weight is 1480 g/mol. The Labute approximate surface area is 620 Å². The summed E-state index contributed by atoms with van der Waals surface area (Å²) >= 11 is 0. The average Bonchev–Trinajstić information content (AvgIpc) is 0.924. The summed E-state index contributed by atoms with van der Waals surface area (Å²) in [6.45, 7) is 4.71. The normalized spacial score (nSPS) is 14.4. The van der Waals surface area contributed by atoms with Gasteiger partial charge in [0.25, 0.3) is 0 Å².